The van der Waals surface area contributed by atoms with Crippen LogP contribution in [-0.4, -0.2) is 30.7 Å². The van der Waals surface area contributed by atoms with Crippen molar-refractivity contribution in [2.75, 3.05) is 13.7 Å². The molecule has 4 N–H and O–H groups in total. The number of phenols is 1. The van der Waals surface area contributed by atoms with Crippen molar-refractivity contribution in [1.29, 1.82) is 0 Å². The normalized spacial score (nSPS) is 12.2. The fraction of sp³-hybridized carbons (Fsp3) is 0.533. The molecular weight excluding hydrogens is 256 g/mol. The molecule has 1 rings (SSSR count). The average molecular weight is 280 g/mol. The van der Waals surface area contributed by atoms with Crippen LogP contribution in [0.3, 0.4) is 0 Å². The lowest BCUT2D eigenvalue weighted by Crippen LogP contribution is -2.42. The number of ether oxygens (including phenoxy) is 1. The van der Waals surface area contributed by atoms with Crippen LogP contribution in [0.25, 0.3) is 0 Å². The molecule has 1 amide bonds. The van der Waals surface area contributed by atoms with Gasteiger partial charge in [-0.3, -0.25) is 4.79 Å². The smallest absolute Gasteiger partial charge is 0.236 e. The SMILES string of the molecule is COc1ccc(CCNC(=O)[C@H](N)CC(C)C)cc1O. The van der Waals surface area contributed by atoms with Gasteiger partial charge < -0.3 is 20.9 Å². The number of amides is 1. The lowest BCUT2D eigenvalue weighted by atomic mass is 10.0. The number of aromatic hydroxyl groups is 1. The number of hydrogen-bond donors (Lipinski definition) is 3. The molecule has 0 unspecified atom stereocenters. The van der Waals surface area contributed by atoms with E-state index in [1.165, 1.54) is 7.11 Å². The molecule has 20 heavy (non-hydrogen) atoms. The molecule has 5 nitrogen and oxygen atoms in total. The third-order valence-electron chi connectivity index (χ3n) is 3.02. The highest BCUT2D eigenvalue weighted by Crippen LogP contribution is 2.26. The van der Waals surface area contributed by atoms with E-state index >= 15 is 0 Å². The maximum Gasteiger partial charge on any atom is 0.236 e. The summed E-state index contributed by atoms with van der Waals surface area (Å²) in [4.78, 5) is 11.7. The maximum absolute atomic E-state index is 11.7. The van der Waals surface area contributed by atoms with Crippen molar-refractivity contribution in [3.8, 4) is 11.5 Å². The van der Waals surface area contributed by atoms with Crippen LogP contribution in [0.1, 0.15) is 25.8 Å². The Balaban J connectivity index is 2.40. The van der Waals surface area contributed by atoms with Gasteiger partial charge in [-0.1, -0.05) is 19.9 Å². The van der Waals surface area contributed by atoms with Gasteiger partial charge >= 0.3 is 0 Å². The molecule has 0 aliphatic heterocycles. The van der Waals surface area contributed by atoms with Gasteiger partial charge in [-0.05, 0) is 36.5 Å². The second-order valence-corrected chi connectivity index (χ2v) is 5.28. The van der Waals surface area contributed by atoms with Crippen molar-refractivity contribution >= 4 is 5.91 Å². The van der Waals surface area contributed by atoms with E-state index in [0.29, 0.717) is 31.1 Å². The maximum atomic E-state index is 11.7. The summed E-state index contributed by atoms with van der Waals surface area (Å²) in [7, 11) is 1.51. The molecule has 0 bridgehead atoms. The molecule has 0 spiro atoms. The van der Waals surface area contributed by atoms with Gasteiger partial charge in [0.15, 0.2) is 11.5 Å². The largest absolute Gasteiger partial charge is 0.504 e. The first-order valence-electron chi connectivity index (χ1n) is 6.83. The van der Waals surface area contributed by atoms with E-state index in [0.717, 1.165) is 5.56 Å². The van der Waals surface area contributed by atoms with Crippen molar-refractivity contribution in [1.82, 2.24) is 5.32 Å². The number of rotatable bonds is 7. The summed E-state index contributed by atoms with van der Waals surface area (Å²) in [6.45, 7) is 4.57. The molecule has 0 heterocycles. The third-order valence-corrected chi connectivity index (χ3v) is 3.02. The van der Waals surface area contributed by atoms with Gasteiger partial charge in [0.1, 0.15) is 0 Å². The van der Waals surface area contributed by atoms with E-state index in [9.17, 15) is 9.90 Å². The number of methoxy groups -OCH3 is 1. The molecule has 1 aromatic rings. The van der Waals surface area contributed by atoms with Gasteiger partial charge in [0.05, 0.1) is 13.2 Å². The molecule has 0 aliphatic rings. The third kappa shape index (κ3) is 5.09. The summed E-state index contributed by atoms with van der Waals surface area (Å²) >= 11 is 0. The van der Waals surface area contributed by atoms with Crippen molar-refractivity contribution in [2.45, 2.75) is 32.7 Å². The van der Waals surface area contributed by atoms with Crippen LogP contribution in [-0.2, 0) is 11.2 Å². The number of benzene rings is 1. The van der Waals surface area contributed by atoms with Crippen LogP contribution >= 0.6 is 0 Å². The highest BCUT2D eigenvalue weighted by atomic mass is 16.5. The summed E-state index contributed by atoms with van der Waals surface area (Å²) in [5.41, 5.74) is 6.72. The fourth-order valence-corrected chi connectivity index (χ4v) is 1.97. The summed E-state index contributed by atoms with van der Waals surface area (Å²) in [5, 5.41) is 12.5. The highest BCUT2D eigenvalue weighted by molar-refractivity contribution is 5.81. The fourth-order valence-electron chi connectivity index (χ4n) is 1.97. The van der Waals surface area contributed by atoms with Crippen molar-refractivity contribution in [3.05, 3.63) is 23.8 Å². The Hall–Kier alpha value is -1.75. The number of nitrogens with one attached hydrogen (secondary N) is 1. The average Bonchev–Trinajstić information content (AvgIpc) is 2.38. The first kappa shape index (κ1) is 16.3. The van der Waals surface area contributed by atoms with Crippen LogP contribution in [0.15, 0.2) is 18.2 Å². The second-order valence-electron chi connectivity index (χ2n) is 5.28. The molecule has 0 aromatic heterocycles. The lowest BCUT2D eigenvalue weighted by Gasteiger charge is -2.14. The Kier molecular flexibility index (Phi) is 6.31. The first-order valence-corrected chi connectivity index (χ1v) is 6.83. The molecule has 0 fully saturated rings. The summed E-state index contributed by atoms with van der Waals surface area (Å²) in [6, 6.07) is 4.74. The molecule has 5 heteroatoms. The monoisotopic (exact) mass is 280 g/mol. The molecule has 0 saturated carbocycles. The minimum absolute atomic E-state index is 0.104. The van der Waals surface area contributed by atoms with E-state index in [2.05, 4.69) is 5.32 Å². The van der Waals surface area contributed by atoms with E-state index in [-0.39, 0.29) is 11.7 Å². The van der Waals surface area contributed by atoms with Crippen molar-refractivity contribution in [2.24, 2.45) is 11.7 Å². The summed E-state index contributed by atoms with van der Waals surface area (Å²) in [5.74, 6) is 0.815. The van der Waals surface area contributed by atoms with Gasteiger partial charge in [0.25, 0.3) is 0 Å². The van der Waals surface area contributed by atoms with Crippen LogP contribution in [0.4, 0.5) is 0 Å². The number of phenolic OH excluding ortho intramolecular Hbond substituents is 1. The van der Waals surface area contributed by atoms with Gasteiger partial charge in [-0.15, -0.1) is 0 Å². The van der Waals surface area contributed by atoms with Crippen LogP contribution in [0.2, 0.25) is 0 Å². The first-order chi connectivity index (χ1) is 9.43. The predicted octanol–water partition coefficient (Wildman–Crippen LogP) is 1.43. The molecule has 1 atom stereocenters. The van der Waals surface area contributed by atoms with Gasteiger partial charge in [0.2, 0.25) is 5.91 Å². The molecule has 0 saturated heterocycles. The van der Waals surface area contributed by atoms with Crippen LogP contribution < -0.4 is 15.8 Å². The Morgan fingerprint density at radius 2 is 2.15 bits per heavy atom. The Morgan fingerprint density at radius 1 is 1.45 bits per heavy atom. The zero-order chi connectivity index (χ0) is 15.1. The van der Waals surface area contributed by atoms with E-state index in [4.69, 9.17) is 10.5 Å². The topological polar surface area (TPSA) is 84.6 Å². The highest BCUT2D eigenvalue weighted by Gasteiger charge is 2.14. The molecular formula is C15H24N2O3. The second kappa shape index (κ2) is 7.75. The van der Waals surface area contributed by atoms with E-state index in [1.54, 1.807) is 12.1 Å². The molecule has 1 aromatic carbocycles. The Bertz CT molecular complexity index is 447. The van der Waals surface area contributed by atoms with Gasteiger partial charge in [-0.2, -0.15) is 0 Å². The number of carbonyl (C=O) groups excluding carboxylic acids is 1. The molecule has 0 radical (unpaired) electrons. The molecule has 112 valence electrons. The van der Waals surface area contributed by atoms with Gasteiger partial charge in [0, 0.05) is 6.54 Å². The molecule has 0 aliphatic carbocycles. The van der Waals surface area contributed by atoms with Crippen molar-refractivity contribution < 1.29 is 14.6 Å². The van der Waals surface area contributed by atoms with Crippen LogP contribution in [0, 0.1) is 5.92 Å². The standard InChI is InChI=1S/C15H24N2O3/c1-10(2)8-12(16)15(19)17-7-6-11-4-5-14(20-3)13(18)9-11/h4-5,9-10,12,18H,6-8,16H2,1-3H3,(H,17,19)/t12-/m1/s1. The lowest BCUT2D eigenvalue weighted by molar-refractivity contribution is -0.122. The zero-order valence-corrected chi connectivity index (χ0v) is 12.3. The Morgan fingerprint density at radius 3 is 2.70 bits per heavy atom. The van der Waals surface area contributed by atoms with Gasteiger partial charge in [-0.25, -0.2) is 0 Å². The summed E-state index contributed by atoms with van der Waals surface area (Å²) < 4.78 is 4.97. The Labute approximate surface area is 120 Å². The number of nitrogens with two attached hydrogens (primary N) is 1. The predicted molar refractivity (Wildman–Crippen MR) is 78.8 cm³/mol. The number of hydrogen-bond acceptors (Lipinski definition) is 4. The minimum atomic E-state index is -0.459. The van der Waals surface area contributed by atoms with Crippen LogP contribution in [0.5, 0.6) is 11.5 Å². The van der Waals surface area contributed by atoms with E-state index < -0.39 is 6.04 Å². The number of carbonyl (C=O) groups is 1. The van der Waals surface area contributed by atoms with E-state index in [1.807, 2.05) is 19.9 Å². The summed E-state index contributed by atoms with van der Waals surface area (Å²) in [6.07, 6.45) is 1.31. The minimum Gasteiger partial charge on any atom is -0.504 e. The zero-order valence-electron chi connectivity index (χ0n) is 12.3. The quantitative estimate of drug-likeness (QED) is 0.705. The van der Waals surface area contributed by atoms with Crippen molar-refractivity contribution in [3.63, 3.8) is 0 Å².